The summed E-state index contributed by atoms with van der Waals surface area (Å²) >= 11 is 0. The van der Waals surface area contributed by atoms with E-state index in [-0.39, 0.29) is 17.4 Å². The molecule has 1 heterocycles. The molecule has 0 saturated carbocycles. The summed E-state index contributed by atoms with van der Waals surface area (Å²) in [5.41, 5.74) is -0.378. The van der Waals surface area contributed by atoms with Crippen molar-refractivity contribution in [1.82, 2.24) is 4.90 Å². The number of rotatable bonds is 2. The van der Waals surface area contributed by atoms with E-state index in [1.807, 2.05) is 25.7 Å². The molecule has 0 aromatic heterocycles. The Morgan fingerprint density at radius 1 is 1.32 bits per heavy atom. The van der Waals surface area contributed by atoms with Gasteiger partial charge in [0.25, 0.3) is 5.91 Å². The number of esters is 1. The lowest BCUT2D eigenvalue weighted by Crippen LogP contribution is -2.49. The Bertz CT molecular complexity index is 373. The van der Waals surface area contributed by atoms with Gasteiger partial charge in [-0.3, -0.25) is 9.59 Å². The van der Waals surface area contributed by atoms with Crippen LogP contribution in [0.15, 0.2) is 0 Å². The molecule has 0 aromatic carbocycles. The Morgan fingerprint density at radius 3 is 2.16 bits per heavy atom. The molecule has 19 heavy (non-hydrogen) atoms. The molecule has 0 bridgehead atoms. The van der Waals surface area contributed by atoms with Gasteiger partial charge in [-0.15, -0.1) is 0 Å². The Labute approximate surface area is 117 Å². The number of nitrogens with zero attached hydrogens (tertiary/aromatic N) is 1. The van der Waals surface area contributed by atoms with Gasteiger partial charge in [0.2, 0.25) is 0 Å². The van der Waals surface area contributed by atoms with Gasteiger partial charge >= 0.3 is 5.97 Å². The van der Waals surface area contributed by atoms with E-state index in [4.69, 9.17) is 4.74 Å². The van der Waals surface area contributed by atoms with E-state index in [0.717, 1.165) is 12.2 Å². The molecule has 110 valence electrons. The summed E-state index contributed by atoms with van der Waals surface area (Å²) < 4.78 is 5.29. The smallest absolute Gasteiger partial charge is 0.303 e. The first-order valence-corrected chi connectivity index (χ1v) is 10.3. The van der Waals surface area contributed by atoms with Crippen molar-refractivity contribution in [2.75, 3.05) is 6.17 Å². The van der Waals surface area contributed by atoms with Gasteiger partial charge in [0.1, 0.15) is 0 Å². The van der Waals surface area contributed by atoms with Crippen LogP contribution in [0.1, 0.15) is 34.6 Å². The van der Waals surface area contributed by atoms with E-state index in [1.54, 1.807) is 0 Å². The molecule has 2 unspecified atom stereocenters. The molecule has 0 radical (unpaired) electrons. The SMILES string of the molecule is CC(=O)OC(C(=O)N1C[Si](C)(C)CC1C)C(C)(C)C. The molecule has 1 aliphatic rings. The summed E-state index contributed by atoms with van der Waals surface area (Å²) in [5, 5.41) is 0. The monoisotopic (exact) mass is 285 g/mol. The molecule has 4 nitrogen and oxygen atoms in total. The van der Waals surface area contributed by atoms with E-state index >= 15 is 0 Å². The fourth-order valence-corrected chi connectivity index (χ4v) is 6.14. The van der Waals surface area contributed by atoms with Crippen molar-refractivity contribution in [2.24, 2.45) is 5.41 Å². The van der Waals surface area contributed by atoms with Crippen molar-refractivity contribution >= 4 is 20.0 Å². The van der Waals surface area contributed by atoms with Crippen molar-refractivity contribution in [3.63, 3.8) is 0 Å². The average Bonchev–Trinajstić information content (AvgIpc) is 2.46. The Kier molecular flexibility index (Phi) is 4.50. The first kappa shape index (κ1) is 16.2. The Balaban J connectivity index is 2.92. The molecular formula is C14H27NO3Si. The molecule has 2 atom stereocenters. The molecule has 1 rings (SSSR count). The summed E-state index contributed by atoms with van der Waals surface area (Å²) in [7, 11) is -1.31. The predicted octanol–water partition coefficient (Wildman–Crippen LogP) is 2.44. The molecule has 1 saturated heterocycles. The summed E-state index contributed by atoms with van der Waals surface area (Å²) in [5.74, 6) is -0.426. The standard InChI is InChI=1S/C14H27NO3Si/c1-10-8-19(6,7)9-15(10)13(17)12(14(3,4)5)18-11(2)16/h10,12H,8-9H2,1-7H3. The second kappa shape index (κ2) is 5.27. The van der Waals surface area contributed by atoms with Crippen molar-refractivity contribution in [2.45, 2.75) is 65.9 Å². The van der Waals surface area contributed by atoms with Crippen LogP contribution in [0.25, 0.3) is 0 Å². The molecule has 0 N–H and O–H groups in total. The lowest BCUT2D eigenvalue weighted by atomic mass is 9.88. The largest absolute Gasteiger partial charge is 0.452 e. The Morgan fingerprint density at radius 2 is 1.84 bits per heavy atom. The lowest BCUT2D eigenvalue weighted by molar-refractivity contribution is -0.166. The number of carbonyl (C=O) groups excluding carboxylic acids is 2. The zero-order valence-electron chi connectivity index (χ0n) is 13.2. The van der Waals surface area contributed by atoms with E-state index in [0.29, 0.717) is 0 Å². The molecule has 0 aromatic rings. The minimum atomic E-state index is -1.31. The van der Waals surface area contributed by atoms with Crippen LogP contribution in [-0.2, 0) is 14.3 Å². The maximum absolute atomic E-state index is 12.7. The number of carbonyl (C=O) groups is 2. The molecule has 0 aliphatic carbocycles. The second-order valence-electron chi connectivity index (χ2n) is 7.54. The number of hydrogen-bond donors (Lipinski definition) is 0. The molecule has 1 fully saturated rings. The van der Waals surface area contributed by atoms with Gasteiger partial charge < -0.3 is 9.64 Å². The van der Waals surface area contributed by atoms with E-state index in [2.05, 4.69) is 20.0 Å². The van der Waals surface area contributed by atoms with Gasteiger partial charge in [0.05, 0.1) is 8.07 Å². The van der Waals surface area contributed by atoms with Crippen LogP contribution in [-0.4, -0.2) is 43.2 Å². The van der Waals surface area contributed by atoms with E-state index < -0.39 is 20.1 Å². The van der Waals surface area contributed by atoms with Crippen LogP contribution in [0.3, 0.4) is 0 Å². The van der Waals surface area contributed by atoms with Crippen LogP contribution in [0.4, 0.5) is 0 Å². The van der Waals surface area contributed by atoms with E-state index in [9.17, 15) is 9.59 Å². The number of amides is 1. The van der Waals surface area contributed by atoms with Crippen LogP contribution in [0, 0.1) is 5.41 Å². The third kappa shape index (κ3) is 4.06. The minimum absolute atomic E-state index is 0.0340. The summed E-state index contributed by atoms with van der Waals surface area (Å²) in [6.07, 6.45) is 0.177. The maximum Gasteiger partial charge on any atom is 0.303 e. The van der Waals surface area contributed by atoms with Crippen molar-refractivity contribution in [3.05, 3.63) is 0 Å². The molecule has 1 aliphatic heterocycles. The highest BCUT2D eigenvalue weighted by atomic mass is 28.3. The van der Waals surface area contributed by atoms with Crippen LogP contribution in [0.5, 0.6) is 0 Å². The fourth-order valence-electron chi connectivity index (χ4n) is 2.80. The molecule has 0 spiro atoms. The minimum Gasteiger partial charge on any atom is -0.452 e. The molecular weight excluding hydrogens is 258 g/mol. The summed E-state index contributed by atoms with van der Waals surface area (Å²) in [4.78, 5) is 25.9. The highest BCUT2D eigenvalue weighted by molar-refractivity contribution is 6.78. The summed E-state index contributed by atoms with van der Waals surface area (Å²) in [6.45, 7) is 13.8. The number of hydrogen-bond acceptors (Lipinski definition) is 3. The zero-order chi connectivity index (χ0) is 15.0. The zero-order valence-corrected chi connectivity index (χ0v) is 14.2. The lowest BCUT2D eigenvalue weighted by Gasteiger charge is -2.34. The average molecular weight is 285 g/mol. The van der Waals surface area contributed by atoms with Gasteiger partial charge in [-0.25, -0.2) is 0 Å². The topological polar surface area (TPSA) is 46.6 Å². The second-order valence-corrected chi connectivity index (χ2v) is 12.6. The predicted molar refractivity (Wildman–Crippen MR) is 78.5 cm³/mol. The molecule has 5 heteroatoms. The molecule has 1 amide bonds. The normalized spacial score (nSPS) is 24.2. The highest BCUT2D eigenvalue weighted by Crippen LogP contribution is 2.31. The van der Waals surface area contributed by atoms with Gasteiger partial charge in [0.15, 0.2) is 6.10 Å². The van der Waals surface area contributed by atoms with Gasteiger partial charge in [-0.1, -0.05) is 33.9 Å². The highest BCUT2D eigenvalue weighted by Gasteiger charge is 2.44. The maximum atomic E-state index is 12.7. The van der Waals surface area contributed by atoms with E-state index in [1.165, 1.54) is 6.92 Å². The quantitative estimate of drug-likeness (QED) is 0.578. The van der Waals surface area contributed by atoms with Crippen LogP contribution < -0.4 is 0 Å². The van der Waals surface area contributed by atoms with Gasteiger partial charge in [-0.2, -0.15) is 0 Å². The first-order chi connectivity index (χ1) is 8.44. The van der Waals surface area contributed by atoms with Crippen LogP contribution in [0.2, 0.25) is 19.1 Å². The fraction of sp³-hybridized carbons (Fsp3) is 0.857. The number of ether oxygens (including phenoxy) is 1. The van der Waals surface area contributed by atoms with Gasteiger partial charge in [-0.05, 0) is 13.0 Å². The first-order valence-electron chi connectivity index (χ1n) is 6.92. The van der Waals surface area contributed by atoms with Gasteiger partial charge in [0, 0.05) is 24.5 Å². The third-order valence-electron chi connectivity index (χ3n) is 3.56. The van der Waals surface area contributed by atoms with Crippen molar-refractivity contribution in [1.29, 1.82) is 0 Å². The summed E-state index contributed by atoms with van der Waals surface area (Å²) in [6, 6.07) is 1.38. The Hall–Kier alpha value is -0.843. The van der Waals surface area contributed by atoms with Crippen molar-refractivity contribution in [3.8, 4) is 0 Å². The van der Waals surface area contributed by atoms with Crippen molar-refractivity contribution < 1.29 is 14.3 Å². The van der Waals surface area contributed by atoms with Crippen LogP contribution >= 0.6 is 0 Å². The third-order valence-corrected chi connectivity index (χ3v) is 6.45.